The third kappa shape index (κ3) is 4.92. The lowest BCUT2D eigenvalue weighted by molar-refractivity contribution is -0.118. The van der Waals surface area contributed by atoms with E-state index in [1.165, 1.54) is 40.9 Å². The number of aromatic nitrogens is 3. The Balaban J connectivity index is 1.27. The minimum atomic E-state index is -0.343. The van der Waals surface area contributed by atoms with Crippen molar-refractivity contribution in [2.45, 2.75) is 10.9 Å². The van der Waals surface area contributed by atoms with Gasteiger partial charge in [0.05, 0.1) is 28.0 Å². The zero-order chi connectivity index (χ0) is 20.9. The smallest absolute Gasteiger partial charge is 0.253 e. The average molecular weight is 441 g/mol. The molecule has 6 nitrogen and oxygen atoms in total. The van der Waals surface area contributed by atoms with Crippen LogP contribution in [0.15, 0.2) is 70.1 Å². The van der Waals surface area contributed by atoms with Gasteiger partial charge in [-0.25, -0.2) is 14.4 Å². The number of hydrogen-bond acceptors (Lipinski definition) is 6. The second-order valence-corrected chi connectivity index (χ2v) is 8.65. The van der Waals surface area contributed by atoms with Crippen LogP contribution in [-0.2, 0) is 11.3 Å². The molecule has 0 atom stereocenters. The minimum Gasteiger partial charge on any atom is -0.354 e. The molecule has 0 radical (unpaired) electrons. The molecule has 1 amide bonds. The van der Waals surface area contributed by atoms with Crippen LogP contribution in [0.2, 0.25) is 0 Å². The number of para-hydroxylation sites is 1. The summed E-state index contributed by atoms with van der Waals surface area (Å²) in [6, 6.07) is 15.0. The summed E-state index contributed by atoms with van der Waals surface area (Å²) in [5, 5.41) is 2.80. The summed E-state index contributed by atoms with van der Waals surface area (Å²) in [6.07, 6.45) is 1.43. The molecule has 0 saturated carbocycles. The molecule has 4 rings (SSSR count). The van der Waals surface area contributed by atoms with Crippen molar-refractivity contribution in [3.05, 3.63) is 77.1 Å². The van der Waals surface area contributed by atoms with Crippen LogP contribution < -0.4 is 10.9 Å². The molecule has 30 heavy (non-hydrogen) atoms. The van der Waals surface area contributed by atoms with Gasteiger partial charge in [-0.05, 0) is 36.4 Å². The highest BCUT2D eigenvalue weighted by Gasteiger charge is 2.08. The third-order valence-corrected chi connectivity index (χ3v) is 6.47. The van der Waals surface area contributed by atoms with Crippen molar-refractivity contribution in [2.24, 2.45) is 0 Å². The molecule has 2 heterocycles. The Morgan fingerprint density at radius 3 is 2.73 bits per heavy atom. The maximum absolute atomic E-state index is 13.0. The predicted molar refractivity (Wildman–Crippen MR) is 117 cm³/mol. The fourth-order valence-corrected chi connectivity index (χ4v) is 4.68. The molecule has 2 aromatic heterocycles. The number of fused-ring (bicyclic) bond motifs is 1. The number of thioether (sulfide) groups is 1. The normalized spacial score (nSPS) is 11.0. The molecule has 0 spiro atoms. The molecule has 0 aliphatic carbocycles. The first kappa shape index (κ1) is 20.2. The second-order valence-electron chi connectivity index (χ2n) is 6.40. The summed E-state index contributed by atoms with van der Waals surface area (Å²) in [5.41, 5.74) is 1.84. The van der Waals surface area contributed by atoms with Crippen molar-refractivity contribution >= 4 is 39.2 Å². The van der Waals surface area contributed by atoms with Crippen LogP contribution in [0.4, 0.5) is 4.39 Å². The van der Waals surface area contributed by atoms with Gasteiger partial charge in [-0.3, -0.25) is 14.2 Å². The van der Waals surface area contributed by atoms with E-state index in [-0.39, 0.29) is 23.0 Å². The van der Waals surface area contributed by atoms with E-state index in [0.717, 1.165) is 14.6 Å². The largest absolute Gasteiger partial charge is 0.354 e. The first-order chi connectivity index (χ1) is 14.6. The second kappa shape index (κ2) is 9.19. The average Bonchev–Trinajstić information content (AvgIpc) is 3.17. The molecule has 152 valence electrons. The number of nitrogens with one attached hydrogen (secondary N) is 1. The van der Waals surface area contributed by atoms with Gasteiger partial charge in [0.2, 0.25) is 5.91 Å². The number of nitrogens with zero attached hydrogens (tertiary/aromatic N) is 3. The molecule has 2 aromatic carbocycles. The Morgan fingerprint density at radius 1 is 1.17 bits per heavy atom. The van der Waals surface area contributed by atoms with E-state index in [4.69, 9.17) is 0 Å². The number of amides is 1. The molecular weight excluding hydrogens is 423 g/mol. The Labute approximate surface area is 179 Å². The van der Waals surface area contributed by atoms with E-state index in [1.54, 1.807) is 23.5 Å². The van der Waals surface area contributed by atoms with Crippen LogP contribution in [0, 0.1) is 5.82 Å². The lowest BCUT2D eigenvalue weighted by Crippen LogP contribution is -2.31. The molecule has 0 fully saturated rings. The van der Waals surface area contributed by atoms with Crippen molar-refractivity contribution in [1.29, 1.82) is 0 Å². The summed E-state index contributed by atoms with van der Waals surface area (Å²) in [5.74, 6) is -0.205. The standard InChI is InChI=1S/C21H17FN4O2S2/c22-15-7-5-14(6-8-15)17-11-20(28)26(13-24-17)10-9-23-19(27)12-29-21-25-16-3-1-2-4-18(16)30-21/h1-8,11,13H,9-10,12H2,(H,23,27). The summed E-state index contributed by atoms with van der Waals surface area (Å²) in [7, 11) is 0. The Bertz CT molecular complexity index is 1200. The fraction of sp³-hybridized carbons (Fsp3) is 0.143. The van der Waals surface area contributed by atoms with Crippen LogP contribution >= 0.6 is 23.1 Å². The lowest BCUT2D eigenvalue weighted by atomic mass is 10.1. The molecule has 9 heteroatoms. The van der Waals surface area contributed by atoms with Crippen molar-refractivity contribution in [3.63, 3.8) is 0 Å². The van der Waals surface area contributed by atoms with Gasteiger partial charge in [0.1, 0.15) is 5.82 Å². The lowest BCUT2D eigenvalue weighted by Gasteiger charge is -2.08. The third-order valence-electron chi connectivity index (χ3n) is 4.30. The summed E-state index contributed by atoms with van der Waals surface area (Å²) < 4.78 is 16.4. The minimum absolute atomic E-state index is 0.122. The summed E-state index contributed by atoms with van der Waals surface area (Å²) in [6.45, 7) is 0.629. The number of halogens is 1. The fourth-order valence-electron chi connectivity index (χ4n) is 2.78. The van der Waals surface area contributed by atoms with Gasteiger partial charge < -0.3 is 5.32 Å². The van der Waals surface area contributed by atoms with Crippen molar-refractivity contribution in [2.75, 3.05) is 12.3 Å². The van der Waals surface area contributed by atoms with Crippen LogP contribution in [0.3, 0.4) is 0 Å². The summed E-state index contributed by atoms with van der Waals surface area (Å²) in [4.78, 5) is 33.1. The molecular formula is C21H17FN4O2S2. The highest BCUT2D eigenvalue weighted by molar-refractivity contribution is 8.01. The van der Waals surface area contributed by atoms with E-state index < -0.39 is 0 Å². The number of hydrogen-bond donors (Lipinski definition) is 1. The quantitative estimate of drug-likeness (QED) is 0.445. The van der Waals surface area contributed by atoms with E-state index >= 15 is 0 Å². The van der Waals surface area contributed by atoms with Crippen molar-refractivity contribution in [3.8, 4) is 11.3 Å². The zero-order valence-electron chi connectivity index (χ0n) is 15.7. The predicted octanol–water partition coefficient (Wildman–Crippen LogP) is 3.57. The first-order valence-electron chi connectivity index (χ1n) is 9.16. The molecule has 0 aliphatic heterocycles. The number of thiazole rings is 1. The molecule has 0 saturated heterocycles. The number of carbonyl (C=O) groups is 1. The Kier molecular flexibility index (Phi) is 6.20. The van der Waals surface area contributed by atoms with E-state index in [1.807, 2.05) is 24.3 Å². The highest BCUT2D eigenvalue weighted by atomic mass is 32.2. The monoisotopic (exact) mass is 440 g/mol. The maximum atomic E-state index is 13.0. The molecule has 4 aromatic rings. The topological polar surface area (TPSA) is 76.9 Å². The van der Waals surface area contributed by atoms with Crippen LogP contribution in [-0.4, -0.2) is 32.7 Å². The molecule has 0 aliphatic rings. The van der Waals surface area contributed by atoms with E-state index in [2.05, 4.69) is 15.3 Å². The van der Waals surface area contributed by atoms with Gasteiger partial charge in [0.25, 0.3) is 5.56 Å². The van der Waals surface area contributed by atoms with Gasteiger partial charge in [0, 0.05) is 24.7 Å². The number of benzene rings is 2. The van der Waals surface area contributed by atoms with Gasteiger partial charge in [-0.15, -0.1) is 11.3 Å². The zero-order valence-corrected chi connectivity index (χ0v) is 17.4. The molecule has 0 unspecified atom stereocenters. The highest BCUT2D eigenvalue weighted by Crippen LogP contribution is 2.28. The number of rotatable bonds is 7. The maximum Gasteiger partial charge on any atom is 0.253 e. The SMILES string of the molecule is O=C(CSc1nc2ccccc2s1)NCCn1cnc(-c2ccc(F)cc2)cc1=O. The van der Waals surface area contributed by atoms with Crippen LogP contribution in [0.5, 0.6) is 0 Å². The Hall–Kier alpha value is -3.04. The van der Waals surface area contributed by atoms with Crippen LogP contribution in [0.1, 0.15) is 0 Å². The van der Waals surface area contributed by atoms with Crippen molar-refractivity contribution < 1.29 is 9.18 Å². The van der Waals surface area contributed by atoms with Crippen LogP contribution in [0.25, 0.3) is 21.5 Å². The van der Waals surface area contributed by atoms with Gasteiger partial charge in [-0.1, -0.05) is 23.9 Å². The number of carbonyl (C=O) groups excluding carboxylic acids is 1. The molecule has 0 bridgehead atoms. The van der Waals surface area contributed by atoms with Gasteiger partial charge in [-0.2, -0.15) is 0 Å². The Morgan fingerprint density at radius 2 is 1.97 bits per heavy atom. The van der Waals surface area contributed by atoms with Gasteiger partial charge in [0.15, 0.2) is 4.34 Å². The molecule has 1 N–H and O–H groups in total. The van der Waals surface area contributed by atoms with Crippen molar-refractivity contribution in [1.82, 2.24) is 19.9 Å². The van der Waals surface area contributed by atoms with Gasteiger partial charge >= 0.3 is 0 Å². The first-order valence-corrected chi connectivity index (χ1v) is 11.0. The van der Waals surface area contributed by atoms with E-state index in [0.29, 0.717) is 24.3 Å². The summed E-state index contributed by atoms with van der Waals surface area (Å²) >= 11 is 2.95. The van der Waals surface area contributed by atoms with E-state index in [9.17, 15) is 14.0 Å².